The Hall–Kier alpha value is -1.02. The number of hydrogen-bond acceptors (Lipinski definition) is 2. The van der Waals surface area contributed by atoms with Crippen molar-refractivity contribution in [3.63, 3.8) is 0 Å². The van der Waals surface area contributed by atoms with Crippen LogP contribution in [0, 0.1) is 0 Å². The van der Waals surface area contributed by atoms with Crippen molar-refractivity contribution in [3.05, 3.63) is 29.3 Å². The Morgan fingerprint density at radius 1 is 1.25 bits per heavy atom. The van der Waals surface area contributed by atoms with E-state index in [1.807, 2.05) is 0 Å². The molecule has 86 valence electrons. The van der Waals surface area contributed by atoms with Crippen molar-refractivity contribution in [2.24, 2.45) is 0 Å². The second-order valence-corrected chi connectivity index (χ2v) is 5.03. The van der Waals surface area contributed by atoms with E-state index in [0.717, 1.165) is 19.1 Å². The van der Waals surface area contributed by atoms with Gasteiger partial charge in [0.1, 0.15) is 0 Å². The highest BCUT2D eigenvalue weighted by Crippen LogP contribution is 2.23. The highest BCUT2D eigenvalue weighted by molar-refractivity contribution is 5.56. The summed E-state index contributed by atoms with van der Waals surface area (Å²) >= 11 is 0. The van der Waals surface area contributed by atoms with Crippen LogP contribution in [-0.2, 0) is 13.0 Å². The van der Waals surface area contributed by atoms with Crippen LogP contribution in [0.5, 0.6) is 0 Å². The zero-order valence-corrected chi connectivity index (χ0v) is 9.76. The smallest absolute Gasteiger partial charge is 0.0373 e. The Bertz CT molecular complexity index is 367. The molecule has 0 atom stereocenters. The summed E-state index contributed by atoms with van der Waals surface area (Å²) in [6, 6.07) is 7.61. The Balaban J connectivity index is 1.61. The molecule has 0 saturated heterocycles. The molecule has 3 rings (SSSR count). The molecule has 0 aromatic heterocycles. The molecule has 2 aliphatic rings. The first-order valence-corrected chi connectivity index (χ1v) is 6.51. The lowest BCUT2D eigenvalue weighted by Crippen LogP contribution is -2.25. The summed E-state index contributed by atoms with van der Waals surface area (Å²) in [5.74, 6) is 0. The first-order chi connectivity index (χ1) is 7.92. The van der Waals surface area contributed by atoms with Crippen molar-refractivity contribution in [1.29, 1.82) is 0 Å². The van der Waals surface area contributed by atoms with E-state index in [0.29, 0.717) is 0 Å². The highest BCUT2D eigenvalue weighted by Gasteiger charge is 2.14. The molecule has 16 heavy (non-hydrogen) atoms. The van der Waals surface area contributed by atoms with Crippen molar-refractivity contribution >= 4 is 5.69 Å². The predicted octanol–water partition coefficient (Wildman–Crippen LogP) is 2.69. The van der Waals surface area contributed by atoms with Crippen LogP contribution in [0.1, 0.15) is 36.8 Å². The van der Waals surface area contributed by atoms with E-state index in [1.165, 1.54) is 48.9 Å². The molecule has 0 spiro atoms. The SMILES string of the molecule is c1cc2c(cc1CNC1CCCC1)CCN2. The van der Waals surface area contributed by atoms with Gasteiger partial charge in [0.05, 0.1) is 0 Å². The summed E-state index contributed by atoms with van der Waals surface area (Å²) in [5, 5.41) is 7.07. The summed E-state index contributed by atoms with van der Waals surface area (Å²) in [5.41, 5.74) is 4.27. The van der Waals surface area contributed by atoms with Gasteiger partial charge in [-0.2, -0.15) is 0 Å². The molecular formula is C14H20N2. The minimum atomic E-state index is 0.770. The van der Waals surface area contributed by atoms with Crippen LogP contribution in [0.3, 0.4) is 0 Å². The van der Waals surface area contributed by atoms with Crippen molar-refractivity contribution < 1.29 is 0 Å². The molecule has 1 aliphatic carbocycles. The summed E-state index contributed by atoms with van der Waals surface area (Å²) < 4.78 is 0. The molecule has 0 bridgehead atoms. The number of anilines is 1. The molecule has 0 radical (unpaired) electrons. The maximum absolute atomic E-state index is 3.67. The van der Waals surface area contributed by atoms with Crippen LogP contribution in [0.4, 0.5) is 5.69 Å². The van der Waals surface area contributed by atoms with Gasteiger partial charge in [0.25, 0.3) is 0 Å². The molecule has 1 aliphatic heterocycles. The molecule has 0 unspecified atom stereocenters. The third-order valence-electron chi connectivity index (χ3n) is 3.83. The number of benzene rings is 1. The van der Waals surface area contributed by atoms with E-state index in [2.05, 4.69) is 28.8 Å². The third-order valence-corrected chi connectivity index (χ3v) is 3.83. The first kappa shape index (κ1) is 10.2. The minimum absolute atomic E-state index is 0.770. The van der Waals surface area contributed by atoms with E-state index < -0.39 is 0 Å². The Morgan fingerprint density at radius 2 is 2.12 bits per heavy atom. The van der Waals surface area contributed by atoms with Gasteiger partial charge < -0.3 is 10.6 Å². The van der Waals surface area contributed by atoms with Gasteiger partial charge in [-0.05, 0) is 36.5 Å². The summed E-state index contributed by atoms with van der Waals surface area (Å²) in [7, 11) is 0. The largest absolute Gasteiger partial charge is 0.384 e. The van der Waals surface area contributed by atoms with Gasteiger partial charge in [0.15, 0.2) is 0 Å². The van der Waals surface area contributed by atoms with Gasteiger partial charge in [0, 0.05) is 24.8 Å². The minimum Gasteiger partial charge on any atom is -0.384 e. The lowest BCUT2D eigenvalue weighted by molar-refractivity contribution is 0.524. The fourth-order valence-corrected chi connectivity index (χ4v) is 2.86. The first-order valence-electron chi connectivity index (χ1n) is 6.51. The molecule has 1 heterocycles. The van der Waals surface area contributed by atoms with E-state index in [-0.39, 0.29) is 0 Å². The monoisotopic (exact) mass is 216 g/mol. The van der Waals surface area contributed by atoms with Gasteiger partial charge in [-0.3, -0.25) is 0 Å². The van der Waals surface area contributed by atoms with Crippen LogP contribution in [-0.4, -0.2) is 12.6 Å². The van der Waals surface area contributed by atoms with Crippen LogP contribution in [0.2, 0.25) is 0 Å². The maximum Gasteiger partial charge on any atom is 0.0373 e. The normalized spacial score (nSPS) is 19.8. The molecule has 1 aromatic rings. The summed E-state index contributed by atoms with van der Waals surface area (Å²) in [4.78, 5) is 0. The van der Waals surface area contributed by atoms with Crippen LogP contribution < -0.4 is 10.6 Å². The number of nitrogens with one attached hydrogen (secondary N) is 2. The van der Waals surface area contributed by atoms with Crippen LogP contribution in [0.25, 0.3) is 0 Å². The standard InChI is InChI=1S/C14H20N2/c1-2-4-13(3-1)16-10-11-5-6-14-12(9-11)7-8-15-14/h5-6,9,13,15-16H,1-4,7-8,10H2. The second kappa shape index (κ2) is 4.46. The number of rotatable bonds is 3. The van der Waals surface area contributed by atoms with E-state index in [1.54, 1.807) is 0 Å². The number of hydrogen-bond donors (Lipinski definition) is 2. The van der Waals surface area contributed by atoms with Gasteiger partial charge in [0.2, 0.25) is 0 Å². The maximum atomic E-state index is 3.67. The van der Waals surface area contributed by atoms with Gasteiger partial charge in [-0.15, -0.1) is 0 Å². The predicted molar refractivity (Wildman–Crippen MR) is 67.7 cm³/mol. The fraction of sp³-hybridized carbons (Fsp3) is 0.571. The van der Waals surface area contributed by atoms with Gasteiger partial charge in [-0.25, -0.2) is 0 Å². The zero-order valence-electron chi connectivity index (χ0n) is 9.76. The lowest BCUT2D eigenvalue weighted by atomic mass is 10.1. The molecule has 2 nitrogen and oxygen atoms in total. The van der Waals surface area contributed by atoms with Crippen molar-refractivity contribution in [2.75, 3.05) is 11.9 Å². The van der Waals surface area contributed by atoms with E-state index in [4.69, 9.17) is 0 Å². The highest BCUT2D eigenvalue weighted by atomic mass is 14.9. The Morgan fingerprint density at radius 3 is 3.00 bits per heavy atom. The van der Waals surface area contributed by atoms with Crippen molar-refractivity contribution in [2.45, 2.75) is 44.7 Å². The fourth-order valence-electron chi connectivity index (χ4n) is 2.86. The molecule has 2 heteroatoms. The summed E-state index contributed by atoms with van der Waals surface area (Å²) in [6.07, 6.45) is 6.74. The van der Waals surface area contributed by atoms with Gasteiger partial charge >= 0.3 is 0 Å². The summed E-state index contributed by atoms with van der Waals surface area (Å²) in [6.45, 7) is 2.15. The molecule has 1 saturated carbocycles. The molecule has 1 aromatic carbocycles. The Labute approximate surface area is 97.4 Å². The number of fused-ring (bicyclic) bond motifs is 1. The van der Waals surface area contributed by atoms with Gasteiger partial charge in [-0.1, -0.05) is 25.0 Å². The zero-order chi connectivity index (χ0) is 10.8. The van der Waals surface area contributed by atoms with Crippen molar-refractivity contribution in [3.8, 4) is 0 Å². The molecule has 1 fully saturated rings. The van der Waals surface area contributed by atoms with Crippen LogP contribution >= 0.6 is 0 Å². The van der Waals surface area contributed by atoms with Crippen LogP contribution in [0.15, 0.2) is 18.2 Å². The molecular weight excluding hydrogens is 196 g/mol. The third kappa shape index (κ3) is 2.07. The van der Waals surface area contributed by atoms with Crippen molar-refractivity contribution in [1.82, 2.24) is 5.32 Å². The molecule has 2 N–H and O–H groups in total. The second-order valence-electron chi connectivity index (χ2n) is 5.03. The average molecular weight is 216 g/mol. The lowest BCUT2D eigenvalue weighted by Gasteiger charge is -2.12. The average Bonchev–Trinajstić information content (AvgIpc) is 2.97. The topological polar surface area (TPSA) is 24.1 Å². The molecule has 0 amide bonds. The Kier molecular flexibility index (Phi) is 2.83. The quantitative estimate of drug-likeness (QED) is 0.811. The van der Waals surface area contributed by atoms with E-state index >= 15 is 0 Å². The van der Waals surface area contributed by atoms with E-state index in [9.17, 15) is 0 Å².